The molecule has 0 spiro atoms. The molecule has 0 saturated carbocycles. The van der Waals surface area contributed by atoms with Gasteiger partial charge in [0, 0.05) is 33.0 Å². The highest BCUT2D eigenvalue weighted by Crippen LogP contribution is 2.33. The second-order valence-corrected chi connectivity index (χ2v) is 9.09. The molecule has 0 N–H and O–H groups in total. The van der Waals surface area contributed by atoms with Gasteiger partial charge in [-0.25, -0.2) is 0 Å². The summed E-state index contributed by atoms with van der Waals surface area (Å²) in [6.07, 6.45) is 17.2. The smallest absolute Gasteiger partial charge is 0.261 e. The van der Waals surface area contributed by atoms with E-state index in [0.29, 0.717) is 27.6 Å². The minimum Gasteiger partial charge on any atom is -0.270 e. The number of hydrogen-bond donors (Lipinski definition) is 0. The average molecular weight is 503 g/mol. The molecule has 0 saturated heterocycles. The van der Waals surface area contributed by atoms with Crippen LogP contribution >= 0.6 is 23.2 Å². The van der Waals surface area contributed by atoms with Crippen LogP contribution in [0, 0.1) is 0 Å². The number of imide groups is 1. The van der Waals surface area contributed by atoms with Gasteiger partial charge in [-0.1, -0.05) is 65.7 Å². The highest BCUT2D eigenvalue weighted by molar-refractivity contribution is 6.31. The zero-order valence-corrected chi connectivity index (χ0v) is 21.0. The molecule has 2 amide bonds. The van der Waals surface area contributed by atoms with Gasteiger partial charge in [-0.3, -0.25) is 19.5 Å². The summed E-state index contributed by atoms with van der Waals surface area (Å²) in [6, 6.07) is 9.52. The van der Waals surface area contributed by atoms with Crippen LogP contribution in [0.3, 0.4) is 0 Å². The third-order valence-corrected chi connectivity index (χ3v) is 6.28. The number of nitrogens with zero attached hydrogens (tertiary/aromatic N) is 2. The van der Waals surface area contributed by atoms with Crippen LogP contribution in [-0.2, 0) is 16.1 Å². The van der Waals surface area contributed by atoms with Gasteiger partial charge in [-0.15, -0.1) is 0 Å². The average Bonchev–Trinajstić information content (AvgIpc) is 2.99. The number of carbonyl (C=O) groups is 2. The predicted molar refractivity (Wildman–Crippen MR) is 143 cm³/mol. The van der Waals surface area contributed by atoms with Crippen LogP contribution in [0.2, 0.25) is 5.02 Å². The first-order chi connectivity index (χ1) is 16.9. The van der Waals surface area contributed by atoms with Gasteiger partial charge in [0.1, 0.15) is 0 Å². The minimum absolute atomic E-state index is 0.126. The normalized spacial score (nSPS) is 16.5. The molecular formula is C29H24Cl2N2O2. The lowest BCUT2D eigenvalue weighted by Crippen LogP contribution is -2.31. The van der Waals surface area contributed by atoms with Crippen molar-refractivity contribution in [2.24, 2.45) is 0 Å². The lowest BCUT2D eigenvalue weighted by atomic mass is 9.96. The summed E-state index contributed by atoms with van der Waals surface area (Å²) in [6.45, 7) is 3.69. The van der Waals surface area contributed by atoms with Gasteiger partial charge in [-0.2, -0.15) is 0 Å². The number of allylic oxidation sites excluding steroid dienone is 9. The molecule has 4 rings (SSSR count). The number of hydrogen-bond acceptors (Lipinski definition) is 3. The monoisotopic (exact) mass is 502 g/mol. The maximum atomic E-state index is 13.0. The third-order valence-electron chi connectivity index (χ3n) is 5.80. The Hall–Kier alpha value is -3.47. The fraction of sp³-hybridized carbons (Fsp3) is 0.138. The molecule has 0 bridgehead atoms. The van der Waals surface area contributed by atoms with Crippen molar-refractivity contribution in [2.45, 2.75) is 26.8 Å². The van der Waals surface area contributed by atoms with E-state index in [1.807, 2.05) is 73.7 Å². The number of amides is 2. The highest BCUT2D eigenvalue weighted by Gasteiger charge is 2.34. The molecule has 35 heavy (non-hydrogen) atoms. The fourth-order valence-electron chi connectivity index (χ4n) is 4.01. The second kappa shape index (κ2) is 10.9. The molecule has 2 aliphatic rings. The van der Waals surface area contributed by atoms with Gasteiger partial charge in [0.25, 0.3) is 11.8 Å². The summed E-state index contributed by atoms with van der Waals surface area (Å²) in [4.78, 5) is 31.9. The quantitative estimate of drug-likeness (QED) is 0.310. The SMILES string of the molecule is C/C=C\C=C/C1=C(C)C(=O)N(Cc2cnc(C3=CC=C(Cl)C=CC3)c(-c3cccc(Cl)c3)c2)C1=O. The first-order valence-electron chi connectivity index (χ1n) is 11.2. The van der Waals surface area contributed by atoms with Crippen molar-refractivity contribution >= 4 is 40.6 Å². The van der Waals surface area contributed by atoms with Crippen LogP contribution in [0.4, 0.5) is 0 Å². The minimum atomic E-state index is -0.307. The van der Waals surface area contributed by atoms with E-state index in [1.165, 1.54) is 4.90 Å². The van der Waals surface area contributed by atoms with Crippen LogP contribution in [0.1, 0.15) is 31.5 Å². The lowest BCUT2D eigenvalue weighted by Gasteiger charge is -2.17. The molecule has 0 radical (unpaired) electrons. The Morgan fingerprint density at radius 3 is 2.69 bits per heavy atom. The Kier molecular flexibility index (Phi) is 7.64. The number of aromatic nitrogens is 1. The molecule has 4 nitrogen and oxygen atoms in total. The maximum absolute atomic E-state index is 13.0. The molecule has 1 aliphatic heterocycles. The van der Waals surface area contributed by atoms with Crippen LogP contribution in [-0.4, -0.2) is 21.7 Å². The number of carbonyl (C=O) groups excluding carboxylic acids is 2. The standard InChI is InChI=1S/C29H24Cl2N2O2/c1-3-4-5-12-25-19(2)28(34)33(29(25)35)18-20-15-26(22-9-7-11-24(31)16-22)27(32-17-20)21-8-6-10-23(30)14-13-21/h3-7,9-17H,8,18H2,1-2H3/b4-3-,12-5-. The van der Waals surface area contributed by atoms with Crippen molar-refractivity contribution in [3.05, 3.63) is 118 Å². The van der Waals surface area contributed by atoms with E-state index in [4.69, 9.17) is 28.2 Å². The van der Waals surface area contributed by atoms with E-state index < -0.39 is 0 Å². The summed E-state index contributed by atoms with van der Waals surface area (Å²) in [5.41, 5.74) is 5.16. The number of benzene rings is 1. The van der Waals surface area contributed by atoms with Crippen LogP contribution in [0.5, 0.6) is 0 Å². The molecule has 1 aliphatic carbocycles. The highest BCUT2D eigenvalue weighted by atomic mass is 35.5. The summed E-state index contributed by atoms with van der Waals surface area (Å²) < 4.78 is 0. The first-order valence-corrected chi connectivity index (χ1v) is 12.0. The number of halogens is 2. The van der Waals surface area contributed by atoms with E-state index in [0.717, 1.165) is 28.0 Å². The van der Waals surface area contributed by atoms with Crippen LogP contribution in [0.25, 0.3) is 16.7 Å². The topological polar surface area (TPSA) is 50.3 Å². The predicted octanol–water partition coefficient (Wildman–Crippen LogP) is 7.19. The summed E-state index contributed by atoms with van der Waals surface area (Å²) >= 11 is 12.5. The molecule has 2 aromatic rings. The molecule has 0 atom stereocenters. The molecule has 1 aromatic carbocycles. The maximum Gasteiger partial charge on any atom is 0.261 e. The van der Waals surface area contributed by atoms with Crippen LogP contribution < -0.4 is 0 Å². The molecule has 176 valence electrons. The molecule has 2 heterocycles. The van der Waals surface area contributed by atoms with Crippen molar-refractivity contribution in [1.82, 2.24) is 9.88 Å². The van der Waals surface area contributed by atoms with Crippen LogP contribution in [0.15, 0.2) is 101 Å². The van der Waals surface area contributed by atoms with Gasteiger partial charge < -0.3 is 0 Å². The number of rotatable bonds is 6. The van der Waals surface area contributed by atoms with Gasteiger partial charge in [0.2, 0.25) is 0 Å². The van der Waals surface area contributed by atoms with Crippen molar-refractivity contribution in [3.8, 4) is 11.1 Å². The third kappa shape index (κ3) is 5.45. The fourth-order valence-corrected chi connectivity index (χ4v) is 4.35. The second-order valence-electron chi connectivity index (χ2n) is 8.22. The molecular weight excluding hydrogens is 479 g/mol. The van der Waals surface area contributed by atoms with Crippen molar-refractivity contribution in [2.75, 3.05) is 0 Å². The first kappa shape index (κ1) is 24.6. The lowest BCUT2D eigenvalue weighted by molar-refractivity contribution is -0.138. The van der Waals surface area contributed by atoms with E-state index in [-0.39, 0.29) is 18.4 Å². The molecule has 0 unspecified atom stereocenters. The van der Waals surface area contributed by atoms with E-state index in [9.17, 15) is 9.59 Å². The van der Waals surface area contributed by atoms with E-state index in [2.05, 4.69) is 0 Å². The van der Waals surface area contributed by atoms with E-state index in [1.54, 1.807) is 25.3 Å². The van der Waals surface area contributed by atoms with Gasteiger partial charge in [0.15, 0.2) is 0 Å². The van der Waals surface area contributed by atoms with Crippen molar-refractivity contribution in [1.29, 1.82) is 0 Å². The Balaban J connectivity index is 1.71. The van der Waals surface area contributed by atoms with Gasteiger partial charge in [0.05, 0.1) is 12.2 Å². The Bertz CT molecular complexity index is 1380. The summed E-state index contributed by atoms with van der Waals surface area (Å²) in [5, 5.41) is 1.26. The van der Waals surface area contributed by atoms with Gasteiger partial charge in [-0.05, 0) is 73.4 Å². The van der Waals surface area contributed by atoms with E-state index >= 15 is 0 Å². The molecule has 6 heteroatoms. The van der Waals surface area contributed by atoms with Crippen molar-refractivity contribution < 1.29 is 9.59 Å². The van der Waals surface area contributed by atoms with Gasteiger partial charge >= 0.3 is 0 Å². The van der Waals surface area contributed by atoms with Crippen molar-refractivity contribution in [3.63, 3.8) is 0 Å². The summed E-state index contributed by atoms with van der Waals surface area (Å²) in [7, 11) is 0. The zero-order chi connectivity index (χ0) is 24.9. The zero-order valence-electron chi connectivity index (χ0n) is 19.5. The molecule has 1 aromatic heterocycles. The Labute approximate surface area is 215 Å². The largest absolute Gasteiger partial charge is 0.270 e. The summed E-state index contributed by atoms with van der Waals surface area (Å²) in [5.74, 6) is -0.599. The Morgan fingerprint density at radius 1 is 1.09 bits per heavy atom. The number of pyridine rings is 1. The Morgan fingerprint density at radius 2 is 1.91 bits per heavy atom. The molecule has 0 fully saturated rings.